The van der Waals surface area contributed by atoms with Gasteiger partial charge in [0.2, 0.25) is 0 Å². The molecule has 2 rings (SSSR count). The summed E-state index contributed by atoms with van der Waals surface area (Å²) in [7, 11) is 0. The summed E-state index contributed by atoms with van der Waals surface area (Å²) < 4.78 is 5.96. The molecule has 8 heteroatoms. The molecule has 1 heterocycles. The summed E-state index contributed by atoms with van der Waals surface area (Å²) in [4.78, 5) is 23.0. The first-order valence-corrected chi connectivity index (χ1v) is 7.07. The number of carboxylic acids is 1. The van der Waals surface area contributed by atoms with Gasteiger partial charge in [0.1, 0.15) is 0 Å². The van der Waals surface area contributed by atoms with Crippen molar-refractivity contribution in [1.29, 1.82) is 0 Å². The fourth-order valence-corrected chi connectivity index (χ4v) is 2.26. The molecule has 20 heavy (non-hydrogen) atoms. The van der Waals surface area contributed by atoms with Crippen molar-refractivity contribution in [3.63, 3.8) is 0 Å². The number of rotatable bonds is 3. The van der Waals surface area contributed by atoms with Gasteiger partial charge in [-0.05, 0) is 40.8 Å². The number of carbonyl (C=O) groups is 2. The first-order chi connectivity index (χ1) is 9.56. The number of hydrogen-bond donors (Lipinski definition) is 3. The van der Waals surface area contributed by atoms with Gasteiger partial charge >= 0.3 is 12.0 Å². The molecular formula is C12H14IN3O4. The summed E-state index contributed by atoms with van der Waals surface area (Å²) in [5, 5.41) is 13.4. The van der Waals surface area contributed by atoms with E-state index in [1.165, 1.54) is 6.07 Å². The van der Waals surface area contributed by atoms with Crippen molar-refractivity contribution in [3.05, 3.63) is 27.3 Å². The number of anilines is 1. The molecule has 1 aromatic rings. The maximum atomic E-state index is 11.8. The molecule has 0 aromatic heterocycles. The van der Waals surface area contributed by atoms with E-state index in [1.54, 1.807) is 17.1 Å². The number of halogens is 1. The van der Waals surface area contributed by atoms with Crippen LogP contribution >= 0.6 is 22.6 Å². The zero-order chi connectivity index (χ0) is 14.5. The first kappa shape index (κ1) is 15.0. The predicted molar refractivity (Wildman–Crippen MR) is 80.7 cm³/mol. The van der Waals surface area contributed by atoms with Crippen LogP contribution in [-0.2, 0) is 4.74 Å². The van der Waals surface area contributed by atoms with E-state index in [0.717, 1.165) is 3.57 Å². The number of benzene rings is 1. The summed E-state index contributed by atoms with van der Waals surface area (Å²) in [6, 6.07) is 4.35. The van der Waals surface area contributed by atoms with Crippen LogP contribution in [0.1, 0.15) is 10.4 Å². The highest BCUT2D eigenvalue weighted by Gasteiger charge is 2.16. The molecule has 1 saturated heterocycles. The second kappa shape index (κ2) is 6.86. The van der Waals surface area contributed by atoms with Crippen LogP contribution in [0, 0.1) is 3.57 Å². The molecule has 0 saturated carbocycles. The standard InChI is InChI=1S/C12H14IN3O4/c13-8-1-2-10(9(7-8)11(17)18)14-12(19)15-16-3-5-20-6-4-16/h1-2,7H,3-6H2,(H,17,18)(H2,14,15,19). The van der Waals surface area contributed by atoms with E-state index in [0.29, 0.717) is 26.3 Å². The van der Waals surface area contributed by atoms with Crippen molar-refractivity contribution in [3.8, 4) is 0 Å². The molecule has 0 radical (unpaired) electrons. The number of carboxylic acid groups (broad SMARTS) is 1. The fourth-order valence-electron chi connectivity index (χ4n) is 1.77. The minimum absolute atomic E-state index is 0.0639. The van der Waals surface area contributed by atoms with Crippen molar-refractivity contribution in [1.82, 2.24) is 10.4 Å². The molecule has 1 fully saturated rings. The molecule has 1 aromatic carbocycles. The Morgan fingerprint density at radius 1 is 1.30 bits per heavy atom. The quantitative estimate of drug-likeness (QED) is 0.677. The van der Waals surface area contributed by atoms with Crippen LogP contribution in [0.25, 0.3) is 0 Å². The van der Waals surface area contributed by atoms with Crippen LogP contribution in [-0.4, -0.2) is 48.4 Å². The van der Waals surface area contributed by atoms with Crippen LogP contribution in [0.2, 0.25) is 0 Å². The zero-order valence-electron chi connectivity index (χ0n) is 10.6. The van der Waals surface area contributed by atoms with Crippen molar-refractivity contribution in [2.75, 3.05) is 31.6 Å². The number of carbonyl (C=O) groups excluding carboxylic acids is 1. The molecule has 0 aliphatic carbocycles. The fraction of sp³-hybridized carbons (Fsp3) is 0.333. The van der Waals surface area contributed by atoms with Crippen LogP contribution in [0.4, 0.5) is 10.5 Å². The van der Waals surface area contributed by atoms with Gasteiger partial charge in [-0.2, -0.15) is 0 Å². The van der Waals surface area contributed by atoms with Crippen molar-refractivity contribution >= 4 is 40.3 Å². The first-order valence-electron chi connectivity index (χ1n) is 5.99. The highest BCUT2D eigenvalue weighted by molar-refractivity contribution is 14.1. The molecule has 0 bridgehead atoms. The van der Waals surface area contributed by atoms with E-state index < -0.39 is 12.0 Å². The molecule has 1 aliphatic heterocycles. The Kier molecular flexibility index (Phi) is 5.15. The maximum Gasteiger partial charge on any atom is 0.337 e. The van der Waals surface area contributed by atoms with Gasteiger partial charge in [-0.15, -0.1) is 0 Å². The van der Waals surface area contributed by atoms with E-state index >= 15 is 0 Å². The Morgan fingerprint density at radius 3 is 2.65 bits per heavy atom. The second-order valence-electron chi connectivity index (χ2n) is 4.16. The lowest BCUT2D eigenvalue weighted by Crippen LogP contribution is -2.49. The number of amides is 2. The number of ether oxygens (including phenoxy) is 1. The smallest absolute Gasteiger partial charge is 0.337 e. The van der Waals surface area contributed by atoms with Crippen LogP contribution < -0.4 is 10.7 Å². The third-order valence-corrected chi connectivity index (χ3v) is 3.40. The summed E-state index contributed by atoms with van der Waals surface area (Å²) in [6.45, 7) is 2.33. The van der Waals surface area contributed by atoms with E-state index in [4.69, 9.17) is 9.84 Å². The summed E-state index contributed by atoms with van der Waals surface area (Å²) in [6.07, 6.45) is 0. The Morgan fingerprint density at radius 2 is 2.00 bits per heavy atom. The minimum Gasteiger partial charge on any atom is -0.478 e. The lowest BCUT2D eigenvalue weighted by molar-refractivity contribution is 0.0207. The molecule has 0 atom stereocenters. The average Bonchev–Trinajstić information content (AvgIpc) is 2.41. The highest BCUT2D eigenvalue weighted by Crippen LogP contribution is 2.18. The third kappa shape index (κ3) is 4.05. The van der Waals surface area contributed by atoms with Gasteiger partial charge < -0.3 is 15.2 Å². The molecule has 7 nitrogen and oxygen atoms in total. The summed E-state index contributed by atoms with van der Waals surface area (Å²) >= 11 is 2.02. The van der Waals surface area contributed by atoms with E-state index in [1.807, 2.05) is 22.6 Å². The number of urea groups is 1. The minimum atomic E-state index is -1.08. The molecule has 0 spiro atoms. The summed E-state index contributed by atoms with van der Waals surface area (Å²) in [5.74, 6) is -1.08. The van der Waals surface area contributed by atoms with Crippen LogP contribution in [0.15, 0.2) is 18.2 Å². The predicted octanol–water partition coefficient (Wildman–Crippen LogP) is 1.36. The molecule has 1 aliphatic rings. The normalized spacial score (nSPS) is 15.7. The van der Waals surface area contributed by atoms with Gasteiger partial charge in [0.05, 0.1) is 24.5 Å². The number of morpholine rings is 1. The third-order valence-electron chi connectivity index (χ3n) is 2.73. The van der Waals surface area contributed by atoms with Gasteiger partial charge in [-0.25, -0.2) is 14.6 Å². The molecule has 3 N–H and O–H groups in total. The number of hydrazine groups is 1. The van der Waals surface area contributed by atoms with Crippen molar-refractivity contribution in [2.24, 2.45) is 0 Å². The zero-order valence-corrected chi connectivity index (χ0v) is 12.7. The topological polar surface area (TPSA) is 90.9 Å². The van der Waals surface area contributed by atoms with Gasteiger partial charge in [0.25, 0.3) is 0 Å². The van der Waals surface area contributed by atoms with Gasteiger partial charge in [-0.1, -0.05) is 0 Å². The lowest BCUT2D eigenvalue weighted by atomic mass is 10.2. The van der Waals surface area contributed by atoms with Crippen LogP contribution in [0.5, 0.6) is 0 Å². The monoisotopic (exact) mass is 391 g/mol. The van der Waals surface area contributed by atoms with Gasteiger partial charge in [0, 0.05) is 16.7 Å². The van der Waals surface area contributed by atoms with E-state index in [-0.39, 0.29) is 11.3 Å². The Balaban J connectivity index is 2.01. The molecule has 0 unspecified atom stereocenters. The average molecular weight is 391 g/mol. The number of nitrogens with zero attached hydrogens (tertiary/aromatic N) is 1. The van der Waals surface area contributed by atoms with Crippen molar-refractivity contribution in [2.45, 2.75) is 0 Å². The Hall–Kier alpha value is -1.39. The highest BCUT2D eigenvalue weighted by atomic mass is 127. The molecular weight excluding hydrogens is 377 g/mol. The van der Waals surface area contributed by atoms with Gasteiger partial charge in [-0.3, -0.25) is 5.43 Å². The van der Waals surface area contributed by atoms with Crippen molar-refractivity contribution < 1.29 is 19.4 Å². The Labute approximate surface area is 129 Å². The Bertz CT molecular complexity index is 517. The number of hydrogen-bond acceptors (Lipinski definition) is 4. The SMILES string of the molecule is O=C(Nc1ccc(I)cc1C(=O)O)NN1CCOCC1. The molecule has 108 valence electrons. The molecule has 2 amide bonds. The van der Waals surface area contributed by atoms with E-state index in [9.17, 15) is 9.59 Å². The second-order valence-corrected chi connectivity index (χ2v) is 5.41. The van der Waals surface area contributed by atoms with Gasteiger partial charge in [0.15, 0.2) is 0 Å². The number of nitrogens with one attached hydrogen (secondary N) is 2. The summed E-state index contributed by atoms with van der Waals surface area (Å²) in [5.41, 5.74) is 2.99. The maximum absolute atomic E-state index is 11.8. The van der Waals surface area contributed by atoms with Crippen LogP contribution in [0.3, 0.4) is 0 Å². The largest absolute Gasteiger partial charge is 0.478 e. The van der Waals surface area contributed by atoms with E-state index in [2.05, 4.69) is 10.7 Å². The number of aromatic carboxylic acids is 1. The lowest BCUT2D eigenvalue weighted by Gasteiger charge is -2.27.